The molecule has 0 fully saturated rings. The Labute approximate surface area is 148 Å². The second-order valence-corrected chi connectivity index (χ2v) is 6.26. The van der Waals surface area contributed by atoms with E-state index in [-0.39, 0.29) is 17.4 Å². The zero-order chi connectivity index (χ0) is 17.8. The number of hydrogen-bond acceptors (Lipinski definition) is 6. The van der Waals surface area contributed by atoms with Gasteiger partial charge in [-0.05, 0) is 36.4 Å². The molecule has 0 saturated heterocycles. The Morgan fingerprint density at radius 1 is 1.20 bits per heavy atom. The Bertz CT molecular complexity index is 885. The highest BCUT2D eigenvalue weighted by atomic mass is 32.2. The smallest absolute Gasteiger partial charge is 0.221 e. The lowest BCUT2D eigenvalue weighted by molar-refractivity contribution is -0.114. The third-order valence-corrected chi connectivity index (χ3v) is 4.46. The van der Waals surface area contributed by atoms with E-state index in [4.69, 9.17) is 4.42 Å². The van der Waals surface area contributed by atoms with Crippen LogP contribution in [-0.2, 0) is 11.8 Å². The van der Waals surface area contributed by atoms with Crippen molar-refractivity contribution < 1.29 is 14.0 Å². The number of nitrogens with zero attached hydrogens (tertiary/aromatic N) is 3. The third kappa shape index (κ3) is 3.97. The van der Waals surface area contributed by atoms with E-state index in [1.807, 2.05) is 7.05 Å². The van der Waals surface area contributed by atoms with Crippen LogP contribution in [0.1, 0.15) is 17.3 Å². The van der Waals surface area contributed by atoms with Crippen molar-refractivity contribution in [2.24, 2.45) is 7.05 Å². The van der Waals surface area contributed by atoms with E-state index in [9.17, 15) is 9.59 Å². The SMILES string of the molecule is CC(=O)Nc1ccc(C(=O)CSc2nnc(-c3ccco3)n2C)cc1. The predicted molar refractivity (Wildman–Crippen MR) is 94.5 cm³/mol. The molecule has 0 atom stereocenters. The summed E-state index contributed by atoms with van der Waals surface area (Å²) >= 11 is 1.31. The molecule has 0 radical (unpaired) electrons. The van der Waals surface area contributed by atoms with E-state index in [2.05, 4.69) is 15.5 Å². The molecule has 0 spiro atoms. The molecule has 1 amide bonds. The molecule has 1 N–H and O–H groups in total. The quantitative estimate of drug-likeness (QED) is 0.539. The number of rotatable bonds is 6. The number of thioether (sulfide) groups is 1. The van der Waals surface area contributed by atoms with Gasteiger partial charge >= 0.3 is 0 Å². The van der Waals surface area contributed by atoms with E-state index in [0.29, 0.717) is 28.0 Å². The van der Waals surface area contributed by atoms with Gasteiger partial charge in [-0.25, -0.2) is 0 Å². The molecule has 0 bridgehead atoms. The molecule has 3 aromatic rings. The highest BCUT2D eigenvalue weighted by molar-refractivity contribution is 7.99. The number of furan rings is 1. The lowest BCUT2D eigenvalue weighted by Crippen LogP contribution is -2.07. The number of nitrogens with one attached hydrogen (secondary N) is 1. The first kappa shape index (κ1) is 17.0. The third-order valence-electron chi connectivity index (χ3n) is 3.44. The molecule has 7 nitrogen and oxygen atoms in total. The van der Waals surface area contributed by atoms with Crippen LogP contribution in [0.4, 0.5) is 5.69 Å². The lowest BCUT2D eigenvalue weighted by atomic mass is 10.1. The average molecular weight is 356 g/mol. The first-order valence-corrected chi connectivity index (χ1v) is 8.50. The van der Waals surface area contributed by atoms with Gasteiger partial charge in [-0.3, -0.25) is 9.59 Å². The number of aromatic nitrogens is 3. The van der Waals surface area contributed by atoms with Crippen LogP contribution in [0.5, 0.6) is 0 Å². The van der Waals surface area contributed by atoms with Crippen LogP contribution in [0.25, 0.3) is 11.6 Å². The normalized spacial score (nSPS) is 10.6. The van der Waals surface area contributed by atoms with Crippen LogP contribution >= 0.6 is 11.8 Å². The molecule has 2 aromatic heterocycles. The standard InChI is InChI=1S/C17H16N4O3S/c1-11(22)18-13-7-5-12(6-8-13)14(23)10-25-17-20-19-16(21(17)2)15-4-3-9-24-15/h3-9H,10H2,1-2H3,(H,18,22). The second kappa shape index (κ2) is 7.35. The zero-order valence-electron chi connectivity index (χ0n) is 13.7. The number of Topliss-reactive ketones (excluding diaryl/α,β-unsaturated/α-hetero) is 1. The number of amides is 1. The summed E-state index contributed by atoms with van der Waals surface area (Å²) in [6.45, 7) is 1.44. The predicted octanol–water partition coefficient (Wildman–Crippen LogP) is 3.01. The fraction of sp³-hybridized carbons (Fsp3) is 0.176. The van der Waals surface area contributed by atoms with E-state index in [1.54, 1.807) is 47.2 Å². The number of ketones is 1. The van der Waals surface area contributed by atoms with Crippen LogP contribution in [0.2, 0.25) is 0 Å². The summed E-state index contributed by atoms with van der Waals surface area (Å²) in [7, 11) is 1.83. The number of benzene rings is 1. The van der Waals surface area contributed by atoms with E-state index in [1.165, 1.54) is 18.7 Å². The van der Waals surface area contributed by atoms with Gasteiger partial charge in [0.15, 0.2) is 22.5 Å². The largest absolute Gasteiger partial charge is 0.461 e. The number of carbonyl (C=O) groups excluding carboxylic acids is 2. The Hall–Kier alpha value is -2.87. The van der Waals surface area contributed by atoms with Crippen LogP contribution in [0, 0.1) is 0 Å². The van der Waals surface area contributed by atoms with Crippen LogP contribution < -0.4 is 5.32 Å². The molecule has 0 aliphatic carbocycles. The first-order valence-electron chi connectivity index (χ1n) is 7.51. The molecule has 8 heteroatoms. The summed E-state index contributed by atoms with van der Waals surface area (Å²) in [5, 5.41) is 11.5. The van der Waals surface area contributed by atoms with Crippen molar-refractivity contribution >= 4 is 29.1 Å². The summed E-state index contributed by atoms with van der Waals surface area (Å²) < 4.78 is 7.11. The Morgan fingerprint density at radius 2 is 1.96 bits per heavy atom. The highest BCUT2D eigenvalue weighted by Gasteiger charge is 2.15. The molecule has 25 heavy (non-hydrogen) atoms. The molecule has 0 saturated carbocycles. The van der Waals surface area contributed by atoms with Gasteiger partial charge in [-0.15, -0.1) is 10.2 Å². The molecule has 128 valence electrons. The van der Waals surface area contributed by atoms with E-state index in [0.717, 1.165) is 0 Å². The monoisotopic (exact) mass is 356 g/mol. The van der Waals surface area contributed by atoms with Gasteiger partial charge in [0.2, 0.25) is 5.91 Å². The molecular weight excluding hydrogens is 340 g/mol. The average Bonchev–Trinajstić information content (AvgIpc) is 3.22. The molecule has 1 aromatic carbocycles. The maximum atomic E-state index is 12.3. The van der Waals surface area contributed by atoms with Gasteiger partial charge in [-0.1, -0.05) is 11.8 Å². The van der Waals surface area contributed by atoms with Crippen LogP contribution in [0.3, 0.4) is 0 Å². The Balaban J connectivity index is 1.64. The van der Waals surface area contributed by atoms with Crippen molar-refractivity contribution in [1.29, 1.82) is 0 Å². The fourth-order valence-electron chi connectivity index (χ4n) is 2.22. The molecule has 0 aliphatic rings. The minimum atomic E-state index is -0.149. The molecule has 3 rings (SSSR count). The van der Waals surface area contributed by atoms with E-state index < -0.39 is 0 Å². The Kier molecular flexibility index (Phi) is 4.99. The van der Waals surface area contributed by atoms with Crippen molar-refractivity contribution in [1.82, 2.24) is 14.8 Å². The topological polar surface area (TPSA) is 90.0 Å². The van der Waals surface area contributed by atoms with Crippen LogP contribution in [-0.4, -0.2) is 32.2 Å². The minimum Gasteiger partial charge on any atom is -0.461 e. The molecule has 2 heterocycles. The first-order chi connectivity index (χ1) is 12.0. The van der Waals surface area contributed by atoms with Gasteiger partial charge < -0.3 is 14.3 Å². The molecular formula is C17H16N4O3S. The lowest BCUT2D eigenvalue weighted by Gasteiger charge is -2.04. The van der Waals surface area contributed by atoms with Gasteiger partial charge in [-0.2, -0.15) is 0 Å². The van der Waals surface area contributed by atoms with Crippen molar-refractivity contribution in [3.05, 3.63) is 48.2 Å². The van der Waals surface area contributed by atoms with Gasteiger partial charge in [0.1, 0.15) is 0 Å². The summed E-state index contributed by atoms with van der Waals surface area (Å²) in [5.41, 5.74) is 1.24. The van der Waals surface area contributed by atoms with Crippen molar-refractivity contribution in [2.45, 2.75) is 12.1 Å². The minimum absolute atomic E-state index is 0.0260. The maximum Gasteiger partial charge on any atom is 0.221 e. The van der Waals surface area contributed by atoms with Gasteiger partial charge in [0.05, 0.1) is 12.0 Å². The highest BCUT2D eigenvalue weighted by Crippen LogP contribution is 2.23. The van der Waals surface area contributed by atoms with E-state index >= 15 is 0 Å². The van der Waals surface area contributed by atoms with Crippen molar-refractivity contribution in [2.75, 3.05) is 11.1 Å². The Morgan fingerprint density at radius 3 is 2.60 bits per heavy atom. The summed E-state index contributed by atoms with van der Waals surface area (Å²) in [6, 6.07) is 10.4. The summed E-state index contributed by atoms with van der Waals surface area (Å²) in [4.78, 5) is 23.3. The maximum absolute atomic E-state index is 12.3. The van der Waals surface area contributed by atoms with Crippen molar-refractivity contribution in [3.63, 3.8) is 0 Å². The second-order valence-electron chi connectivity index (χ2n) is 5.31. The number of carbonyl (C=O) groups is 2. The number of anilines is 1. The summed E-state index contributed by atoms with van der Waals surface area (Å²) in [5.74, 6) is 1.30. The molecule has 0 aliphatic heterocycles. The zero-order valence-corrected chi connectivity index (χ0v) is 14.5. The fourth-order valence-corrected chi connectivity index (χ4v) is 3.02. The van der Waals surface area contributed by atoms with Crippen molar-refractivity contribution in [3.8, 4) is 11.6 Å². The number of hydrogen-bond donors (Lipinski definition) is 1. The molecule has 0 unspecified atom stereocenters. The van der Waals surface area contributed by atoms with Gasteiger partial charge in [0, 0.05) is 25.2 Å². The van der Waals surface area contributed by atoms with Crippen LogP contribution in [0.15, 0.2) is 52.2 Å². The van der Waals surface area contributed by atoms with Gasteiger partial charge in [0.25, 0.3) is 0 Å². The summed E-state index contributed by atoms with van der Waals surface area (Å²) in [6.07, 6.45) is 1.57.